The molecule has 0 saturated heterocycles. The van der Waals surface area contributed by atoms with Gasteiger partial charge < -0.3 is 10.1 Å². The molecular weight excluding hydrogens is 188 g/mol. The summed E-state index contributed by atoms with van der Waals surface area (Å²) in [5, 5.41) is 3.14. The van der Waals surface area contributed by atoms with E-state index in [9.17, 15) is 0 Å². The van der Waals surface area contributed by atoms with Crippen LogP contribution < -0.4 is 10.1 Å². The molecule has 1 aromatic heterocycles. The van der Waals surface area contributed by atoms with Crippen molar-refractivity contribution in [3.05, 3.63) is 29.5 Å². The van der Waals surface area contributed by atoms with Crippen molar-refractivity contribution in [2.45, 2.75) is 13.3 Å². The fourth-order valence-electron chi connectivity index (χ4n) is 1.34. The predicted molar refractivity (Wildman–Crippen MR) is 63.0 cm³/mol. The largest absolute Gasteiger partial charge is 0.481 e. The smallest absolute Gasteiger partial charge is 0.213 e. The molecule has 82 valence electrons. The summed E-state index contributed by atoms with van der Waals surface area (Å²) in [5.41, 5.74) is 2.28. The molecule has 0 spiro atoms. The fraction of sp³-hybridized carbons (Fsp3) is 0.417. The van der Waals surface area contributed by atoms with Crippen LogP contribution in [0.2, 0.25) is 0 Å². The second-order valence-electron chi connectivity index (χ2n) is 3.29. The number of pyridine rings is 1. The molecule has 0 aromatic carbocycles. The minimum absolute atomic E-state index is 0.656. The van der Waals surface area contributed by atoms with E-state index in [1.54, 1.807) is 7.11 Å². The lowest BCUT2D eigenvalue weighted by Crippen LogP contribution is -2.09. The fourth-order valence-corrected chi connectivity index (χ4v) is 1.34. The molecule has 3 heteroatoms. The average molecular weight is 206 g/mol. The van der Waals surface area contributed by atoms with Crippen LogP contribution in [0.3, 0.4) is 0 Å². The highest BCUT2D eigenvalue weighted by Crippen LogP contribution is 2.11. The van der Waals surface area contributed by atoms with Gasteiger partial charge in [-0.3, -0.25) is 0 Å². The first-order valence-corrected chi connectivity index (χ1v) is 5.15. The highest BCUT2D eigenvalue weighted by Gasteiger charge is 1.97. The van der Waals surface area contributed by atoms with Crippen molar-refractivity contribution in [2.75, 3.05) is 20.7 Å². The number of nitrogens with one attached hydrogen (secondary N) is 1. The maximum atomic E-state index is 5.07. The van der Waals surface area contributed by atoms with E-state index in [-0.39, 0.29) is 0 Å². The summed E-state index contributed by atoms with van der Waals surface area (Å²) in [6.07, 6.45) is 3.12. The number of likely N-dealkylation sites (N-methyl/N-ethyl adjacent to an activating group) is 1. The average Bonchev–Trinajstić information content (AvgIpc) is 2.29. The van der Waals surface area contributed by atoms with Crippen LogP contribution in [0.1, 0.15) is 19.0 Å². The van der Waals surface area contributed by atoms with E-state index in [0.717, 1.165) is 18.7 Å². The Labute approximate surface area is 91.2 Å². The van der Waals surface area contributed by atoms with Gasteiger partial charge in [-0.25, -0.2) is 4.98 Å². The van der Waals surface area contributed by atoms with Gasteiger partial charge in [0, 0.05) is 12.6 Å². The molecule has 0 amide bonds. The number of methoxy groups -OCH3 is 1. The molecule has 0 bridgehead atoms. The minimum Gasteiger partial charge on any atom is -0.481 e. The summed E-state index contributed by atoms with van der Waals surface area (Å²) in [5.74, 6) is 0.656. The first-order chi connectivity index (χ1) is 7.30. The Bertz CT molecular complexity index is 334. The SMILES string of the molecule is CC/C(=C/c1cccc(OC)n1)CNC. The van der Waals surface area contributed by atoms with Crippen molar-refractivity contribution in [2.24, 2.45) is 0 Å². The monoisotopic (exact) mass is 206 g/mol. The van der Waals surface area contributed by atoms with E-state index in [4.69, 9.17) is 4.74 Å². The van der Waals surface area contributed by atoms with Gasteiger partial charge in [0.2, 0.25) is 5.88 Å². The maximum absolute atomic E-state index is 5.07. The summed E-state index contributed by atoms with van der Waals surface area (Å²) in [4.78, 5) is 4.33. The normalized spacial score (nSPS) is 11.5. The Morgan fingerprint density at radius 1 is 1.53 bits per heavy atom. The number of rotatable bonds is 5. The Balaban J connectivity index is 2.85. The van der Waals surface area contributed by atoms with Crippen molar-refractivity contribution >= 4 is 6.08 Å². The van der Waals surface area contributed by atoms with Gasteiger partial charge in [-0.2, -0.15) is 0 Å². The summed E-state index contributed by atoms with van der Waals surface area (Å²) in [6.45, 7) is 3.04. The van der Waals surface area contributed by atoms with E-state index in [1.807, 2.05) is 25.2 Å². The zero-order chi connectivity index (χ0) is 11.1. The van der Waals surface area contributed by atoms with Gasteiger partial charge in [0.1, 0.15) is 0 Å². The minimum atomic E-state index is 0.656. The molecule has 3 nitrogen and oxygen atoms in total. The number of hydrogen-bond acceptors (Lipinski definition) is 3. The van der Waals surface area contributed by atoms with Crippen LogP contribution >= 0.6 is 0 Å². The Kier molecular flexibility index (Phi) is 4.84. The number of hydrogen-bond donors (Lipinski definition) is 1. The van der Waals surface area contributed by atoms with Crippen molar-refractivity contribution in [3.8, 4) is 5.88 Å². The molecule has 1 heterocycles. The molecular formula is C12H18N2O. The van der Waals surface area contributed by atoms with Gasteiger partial charge >= 0.3 is 0 Å². The van der Waals surface area contributed by atoms with Gasteiger partial charge in [-0.1, -0.05) is 18.6 Å². The molecule has 0 radical (unpaired) electrons. The van der Waals surface area contributed by atoms with Crippen molar-refractivity contribution in [1.29, 1.82) is 0 Å². The van der Waals surface area contributed by atoms with Gasteiger partial charge in [0.25, 0.3) is 0 Å². The number of ether oxygens (including phenoxy) is 1. The first-order valence-electron chi connectivity index (χ1n) is 5.15. The van der Waals surface area contributed by atoms with Crippen LogP contribution in [0.25, 0.3) is 6.08 Å². The van der Waals surface area contributed by atoms with E-state index in [0.29, 0.717) is 5.88 Å². The summed E-state index contributed by atoms with van der Waals surface area (Å²) in [7, 11) is 3.58. The molecule has 1 rings (SSSR count). The maximum Gasteiger partial charge on any atom is 0.213 e. The number of nitrogens with zero attached hydrogens (tertiary/aromatic N) is 1. The Hall–Kier alpha value is -1.35. The zero-order valence-electron chi connectivity index (χ0n) is 9.58. The third kappa shape index (κ3) is 3.72. The van der Waals surface area contributed by atoms with Gasteiger partial charge in [0.05, 0.1) is 12.8 Å². The van der Waals surface area contributed by atoms with Crippen LogP contribution in [-0.4, -0.2) is 25.7 Å². The highest BCUT2D eigenvalue weighted by molar-refractivity contribution is 5.49. The van der Waals surface area contributed by atoms with Gasteiger partial charge in [-0.05, 0) is 25.6 Å². The van der Waals surface area contributed by atoms with Crippen LogP contribution in [0.5, 0.6) is 5.88 Å². The van der Waals surface area contributed by atoms with Crippen molar-refractivity contribution < 1.29 is 4.74 Å². The highest BCUT2D eigenvalue weighted by atomic mass is 16.5. The van der Waals surface area contributed by atoms with Gasteiger partial charge in [0.15, 0.2) is 0 Å². The molecule has 0 fully saturated rings. The molecule has 0 aliphatic carbocycles. The third-order valence-corrected chi connectivity index (χ3v) is 2.16. The van der Waals surface area contributed by atoms with E-state index in [2.05, 4.69) is 23.3 Å². The molecule has 0 atom stereocenters. The van der Waals surface area contributed by atoms with E-state index in [1.165, 1.54) is 5.57 Å². The number of aromatic nitrogens is 1. The Morgan fingerprint density at radius 3 is 2.93 bits per heavy atom. The van der Waals surface area contributed by atoms with Crippen LogP contribution in [0.15, 0.2) is 23.8 Å². The van der Waals surface area contributed by atoms with Gasteiger partial charge in [-0.15, -0.1) is 0 Å². The third-order valence-electron chi connectivity index (χ3n) is 2.16. The summed E-state index contributed by atoms with van der Waals surface area (Å²) >= 11 is 0. The molecule has 0 aliphatic heterocycles. The zero-order valence-corrected chi connectivity index (χ0v) is 9.58. The second kappa shape index (κ2) is 6.19. The molecule has 15 heavy (non-hydrogen) atoms. The predicted octanol–water partition coefficient (Wildman–Crippen LogP) is 2.10. The first kappa shape index (κ1) is 11.7. The van der Waals surface area contributed by atoms with Crippen LogP contribution in [0, 0.1) is 0 Å². The summed E-state index contributed by atoms with van der Waals surface area (Å²) < 4.78 is 5.07. The Morgan fingerprint density at radius 2 is 2.33 bits per heavy atom. The van der Waals surface area contributed by atoms with Crippen LogP contribution in [-0.2, 0) is 0 Å². The molecule has 1 N–H and O–H groups in total. The van der Waals surface area contributed by atoms with Crippen molar-refractivity contribution in [3.63, 3.8) is 0 Å². The lowest BCUT2D eigenvalue weighted by atomic mass is 10.1. The molecule has 0 aliphatic rings. The summed E-state index contributed by atoms with van der Waals surface area (Å²) in [6, 6.07) is 5.78. The molecule has 0 saturated carbocycles. The van der Waals surface area contributed by atoms with Crippen LogP contribution in [0.4, 0.5) is 0 Å². The van der Waals surface area contributed by atoms with E-state index >= 15 is 0 Å². The molecule has 0 unspecified atom stereocenters. The standard InChI is InChI=1S/C12H18N2O/c1-4-10(9-13-2)8-11-6-5-7-12(14-11)15-3/h5-8,13H,4,9H2,1-3H3/b10-8-. The quantitative estimate of drug-likeness (QED) is 0.801. The van der Waals surface area contributed by atoms with E-state index < -0.39 is 0 Å². The lowest BCUT2D eigenvalue weighted by Gasteiger charge is -2.04. The molecule has 1 aromatic rings. The second-order valence-corrected chi connectivity index (χ2v) is 3.29. The topological polar surface area (TPSA) is 34.1 Å². The lowest BCUT2D eigenvalue weighted by molar-refractivity contribution is 0.397. The van der Waals surface area contributed by atoms with Crippen molar-refractivity contribution in [1.82, 2.24) is 10.3 Å².